The van der Waals surface area contributed by atoms with E-state index in [1.54, 1.807) is 14.2 Å². The van der Waals surface area contributed by atoms with Gasteiger partial charge in [-0.05, 0) is 59.8 Å². The van der Waals surface area contributed by atoms with E-state index in [1.807, 2.05) is 65.5 Å². The molecule has 36 heavy (non-hydrogen) atoms. The van der Waals surface area contributed by atoms with Crippen LogP contribution in [0.4, 0.5) is 5.95 Å². The van der Waals surface area contributed by atoms with E-state index in [1.165, 1.54) is 11.8 Å². The fraction of sp³-hybridized carbons (Fsp3) is 0.185. The van der Waals surface area contributed by atoms with Gasteiger partial charge in [-0.2, -0.15) is 4.98 Å². The molecule has 3 aromatic carbocycles. The molecule has 0 saturated carbocycles. The van der Waals surface area contributed by atoms with E-state index < -0.39 is 0 Å². The molecule has 2 aliphatic rings. The lowest BCUT2D eigenvalue weighted by Gasteiger charge is -2.39. The Hall–Kier alpha value is -3.62. The van der Waals surface area contributed by atoms with Gasteiger partial charge in [0.15, 0.2) is 0 Å². The van der Waals surface area contributed by atoms with Crippen molar-refractivity contribution in [3.05, 3.63) is 94.0 Å². The van der Waals surface area contributed by atoms with Crippen molar-refractivity contribution in [2.45, 2.75) is 17.3 Å². The molecule has 7 nitrogen and oxygen atoms in total. The number of fused-ring (bicyclic) bond motifs is 3. The van der Waals surface area contributed by atoms with Crippen molar-refractivity contribution in [1.82, 2.24) is 14.8 Å². The molecule has 182 valence electrons. The quantitative estimate of drug-likeness (QED) is 0.314. The summed E-state index contributed by atoms with van der Waals surface area (Å²) >= 11 is 7.94. The third kappa shape index (κ3) is 3.77. The number of ether oxygens (including phenoxy) is 3. The Morgan fingerprint density at radius 3 is 2.25 bits per heavy atom. The monoisotopic (exact) mass is 518 g/mol. The zero-order valence-corrected chi connectivity index (χ0v) is 21.4. The minimum absolute atomic E-state index is 0.269. The summed E-state index contributed by atoms with van der Waals surface area (Å²) in [4.78, 5) is 4.74. The van der Waals surface area contributed by atoms with E-state index in [9.17, 15) is 0 Å². The lowest BCUT2D eigenvalue weighted by Crippen LogP contribution is -2.32. The first-order valence-electron chi connectivity index (χ1n) is 11.4. The highest BCUT2D eigenvalue weighted by Crippen LogP contribution is 2.51. The van der Waals surface area contributed by atoms with Crippen LogP contribution in [-0.2, 0) is 0 Å². The largest absolute Gasteiger partial charge is 0.497 e. The van der Waals surface area contributed by atoms with Crippen molar-refractivity contribution in [2.75, 3.05) is 25.8 Å². The van der Waals surface area contributed by atoms with Gasteiger partial charge in [0.05, 0.1) is 19.9 Å². The minimum Gasteiger partial charge on any atom is -0.497 e. The summed E-state index contributed by atoms with van der Waals surface area (Å²) in [5, 5.41) is 9.69. The zero-order chi connectivity index (χ0) is 24.8. The van der Waals surface area contributed by atoms with Gasteiger partial charge in [0, 0.05) is 16.2 Å². The first kappa shape index (κ1) is 22.8. The third-order valence-electron chi connectivity index (χ3n) is 6.45. The number of anilines is 1. The normalized spacial score (nSPS) is 17.9. The fourth-order valence-electron chi connectivity index (χ4n) is 4.73. The van der Waals surface area contributed by atoms with Gasteiger partial charge >= 0.3 is 0 Å². The number of thioether (sulfide) groups is 1. The van der Waals surface area contributed by atoms with Crippen LogP contribution in [-0.4, -0.2) is 35.2 Å². The molecule has 0 spiro atoms. The summed E-state index contributed by atoms with van der Waals surface area (Å²) in [5.74, 6) is 2.99. The molecule has 9 heteroatoms. The standard InChI is InChI=1S/C27H23ClN4O3S/c1-33-18-9-4-15(5-10-18)24-22-23(29-26-30-27(36-3)31-32(24)26)20-14-17(28)8-13-21(20)35-25(22)16-6-11-19(34-2)12-7-16/h4-14,24-25H,1-3H3,(H,29,30,31)/t24-,25+/m1/s1. The van der Waals surface area contributed by atoms with Crippen LogP contribution in [0.2, 0.25) is 5.02 Å². The van der Waals surface area contributed by atoms with Gasteiger partial charge in [-0.15, -0.1) is 5.10 Å². The average molecular weight is 519 g/mol. The average Bonchev–Trinajstić information content (AvgIpc) is 3.35. The maximum absolute atomic E-state index is 6.67. The molecule has 0 saturated heterocycles. The van der Waals surface area contributed by atoms with Gasteiger partial charge in [-0.3, -0.25) is 0 Å². The van der Waals surface area contributed by atoms with Crippen LogP contribution in [0.5, 0.6) is 17.2 Å². The van der Waals surface area contributed by atoms with E-state index in [2.05, 4.69) is 17.4 Å². The van der Waals surface area contributed by atoms with Gasteiger partial charge < -0.3 is 19.5 Å². The number of nitrogens with zero attached hydrogens (tertiary/aromatic N) is 3. The maximum Gasteiger partial charge on any atom is 0.227 e. The molecule has 1 aromatic heterocycles. The Balaban J connectivity index is 1.60. The second-order valence-electron chi connectivity index (χ2n) is 8.41. The molecule has 2 aliphatic heterocycles. The molecule has 0 radical (unpaired) electrons. The molecular formula is C27H23ClN4O3S. The van der Waals surface area contributed by atoms with Gasteiger partial charge in [0.1, 0.15) is 29.4 Å². The summed E-state index contributed by atoms with van der Waals surface area (Å²) in [6.45, 7) is 0. The summed E-state index contributed by atoms with van der Waals surface area (Å²) in [6.07, 6.45) is 1.59. The van der Waals surface area contributed by atoms with Gasteiger partial charge in [0.2, 0.25) is 11.1 Å². The highest BCUT2D eigenvalue weighted by Gasteiger charge is 2.41. The van der Waals surface area contributed by atoms with Crippen LogP contribution in [0.25, 0.3) is 5.70 Å². The molecule has 0 amide bonds. The molecule has 0 unspecified atom stereocenters. The van der Waals surface area contributed by atoms with Crippen LogP contribution < -0.4 is 19.5 Å². The minimum atomic E-state index is -0.380. The Labute approximate surface area is 218 Å². The van der Waals surface area contributed by atoms with Crippen LogP contribution in [0.15, 0.2) is 77.5 Å². The van der Waals surface area contributed by atoms with Gasteiger partial charge in [-0.25, -0.2) is 4.68 Å². The SMILES string of the molecule is COc1ccc([C@@H]2Oc3ccc(Cl)cc3C3=C2[C@@H](c2ccc(OC)cc2)n2nc(SC)nc2N3)cc1. The Bertz CT molecular complexity index is 1470. The Morgan fingerprint density at radius 1 is 0.944 bits per heavy atom. The van der Waals surface area contributed by atoms with Crippen molar-refractivity contribution in [3.8, 4) is 17.2 Å². The van der Waals surface area contributed by atoms with Crippen molar-refractivity contribution in [1.29, 1.82) is 0 Å². The Morgan fingerprint density at radius 2 is 1.61 bits per heavy atom. The van der Waals surface area contributed by atoms with Crippen LogP contribution in [0.3, 0.4) is 0 Å². The van der Waals surface area contributed by atoms with E-state index in [-0.39, 0.29) is 12.1 Å². The number of hydrogen-bond acceptors (Lipinski definition) is 7. The fourth-order valence-corrected chi connectivity index (χ4v) is 5.25. The summed E-state index contributed by atoms with van der Waals surface area (Å²) < 4.78 is 19.4. The highest BCUT2D eigenvalue weighted by atomic mass is 35.5. The number of rotatable bonds is 5. The molecular weight excluding hydrogens is 496 g/mol. The topological polar surface area (TPSA) is 70.4 Å². The Kier molecular flexibility index (Phi) is 5.78. The number of methoxy groups -OCH3 is 2. The third-order valence-corrected chi connectivity index (χ3v) is 7.22. The molecule has 0 bridgehead atoms. The van der Waals surface area contributed by atoms with Crippen LogP contribution >= 0.6 is 23.4 Å². The first-order valence-corrected chi connectivity index (χ1v) is 13.0. The van der Waals surface area contributed by atoms with Crippen LogP contribution in [0, 0.1) is 0 Å². The summed E-state index contributed by atoms with van der Waals surface area (Å²) in [7, 11) is 3.32. The van der Waals surface area contributed by atoms with E-state index in [0.29, 0.717) is 16.1 Å². The summed E-state index contributed by atoms with van der Waals surface area (Å²) in [6, 6.07) is 21.4. The van der Waals surface area contributed by atoms with Gasteiger partial charge in [-0.1, -0.05) is 47.6 Å². The number of benzene rings is 3. The molecule has 0 fully saturated rings. The predicted octanol–water partition coefficient (Wildman–Crippen LogP) is 6.23. The smallest absolute Gasteiger partial charge is 0.227 e. The number of hydrogen-bond donors (Lipinski definition) is 1. The lowest BCUT2D eigenvalue weighted by atomic mass is 9.84. The van der Waals surface area contributed by atoms with Crippen molar-refractivity contribution < 1.29 is 14.2 Å². The number of halogens is 1. The first-order chi connectivity index (χ1) is 17.6. The molecule has 3 heterocycles. The van der Waals surface area contributed by atoms with E-state index in [0.717, 1.165) is 45.2 Å². The second kappa shape index (κ2) is 9.11. The highest BCUT2D eigenvalue weighted by molar-refractivity contribution is 7.98. The maximum atomic E-state index is 6.67. The number of aromatic nitrogens is 3. The zero-order valence-electron chi connectivity index (χ0n) is 19.9. The number of nitrogens with one attached hydrogen (secondary N) is 1. The van der Waals surface area contributed by atoms with Crippen molar-refractivity contribution in [2.24, 2.45) is 0 Å². The lowest BCUT2D eigenvalue weighted by molar-refractivity contribution is 0.222. The van der Waals surface area contributed by atoms with Crippen LogP contribution in [0.1, 0.15) is 28.8 Å². The molecule has 2 atom stereocenters. The molecule has 0 aliphatic carbocycles. The predicted molar refractivity (Wildman–Crippen MR) is 141 cm³/mol. The van der Waals surface area contributed by atoms with Crippen molar-refractivity contribution in [3.63, 3.8) is 0 Å². The second-order valence-corrected chi connectivity index (χ2v) is 9.62. The van der Waals surface area contributed by atoms with Crippen molar-refractivity contribution >= 4 is 35.0 Å². The molecule has 4 aromatic rings. The summed E-state index contributed by atoms with van der Waals surface area (Å²) in [5.41, 5.74) is 4.87. The van der Waals surface area contributed by atoms with E-state index in [4.69, 9.17) is 35.9 Å². The van der Waals surface area contributed by atoms with Gasteiger partial charge in [0.25, 0.3) is 0 Å². The molecule has 6 rings (SSSR count). The van der Waals surface area contributed by atoms with E-state index >= 15 is 0 Å². The molecule has 1 N–H and O–H groups in total.